The number of hydrogen-bond donors (Lipinski definition) is 3. The summed E-state index contributed by atoms with van der Waals surface area (Å²) in [5.41, 5.74) is 4.11. The number of rotatable bonds is 8. The molecule has 6 heteroatoms. The highest BCUT2D eigenvalue weighted by Gasteiger charge is 2.10. The molecule has 0 aliphatic rings. The van der Waals surface area contributed by atoms with E-state index in [2.05, 4.69) is 34.0 Å². The molecule has 28 heavy (non-hydrogen) atoms. The molecule has 0 saturated heterocycles. The van der Waals surface area contributed by atoms with Gasteiger partial charge >= 0.3 is 0 Å². The lowest BCUT2D eigenvalue weighted by Gasteiger charge is -2.19. The molecule has 1 heterocycles. The molecular formula is C22H27FN4O. The van der Waals surface area contributed by atoms with E-state index in [-0.39, 0.29) is 11.7 Å². The Morgan fingerprint density at radius 3 is 2.68 bits per heavy atom. The van der Waals surface area contributed by atoms with Crippen molar-refractivity contribution in [3.8, 4) is 5.88 Å². The van der Waals surface area contributed by atoms with Crippen LogP contribution in [0.25, 0.3) is 10.9 Å². The standard InChI is InChI=1S/C22H27FN4O/c1-4-27(5-2)11-10-24-20-9-7-17(12-15(20)3)25-14-19-18-13-16(23)6-8-21(18)26-22(19)28/h6-9,12-14,24,26,28H,4-5,10-11H2,1-3H3. The number of likely N-dealkylation sites (N-methyl/N-ethyl adjacent to an activating group) is 1. The largest absolute Gasteiger partial charge is 0.494 e. The second-order valence-electron chi connectivity index (χ2n) is 6.79. The highest BCUT2D eigenvalue weighted by atomic mass is 19.1. The smallest absolute Gasteiger partial charge is 0.198 e. The fourth-order valence-corrected chi connectivity index (χ4v) is 3.26. The van der Waals surface area contributed by atoms with Gasteiger partial charge in [-0.3, -0.25) is 4.99 Å². The molecule has 0 bridgehead atoms. The molecule has 0 atom stereocenters. The summed E-state index contributed by atoms with van der Waals surface area (Å²) in [4.78, 5) is 9.67. The van der Waals surface area contributed by atoms with Crippen LogP contribution in [0.2, 0.25) is 0 Å². The van der Waals surface area contributed by atoms with Crippen LogP contribution in [0.5, 0.6) is 5.88 Å². The van der Waals surface area contributed by atoms with E-state index in [1.165, 1.54) is 12.1 Å². The number of anilines is 1. The molecule has 0 saturated carbocycles. The quantitative estimate of drug-likeness (QED) is 0.489. The summed E-state index contributed by atoms with van der Waals surface area (Å²) in [6, 6.07) is 10.3. The van der Waals surface area contributed by atoms with Crippen LogP contribution in [0.4, 0.5) is 15.8 Å². The Hall–Kier alpha value is -2.86. The molecule has 0 aliphatic heterocycles. The van der Waals surface area contributed by atoms with Crippen molar-refractivity contribution < 1.29 is 9.50 Å². The first-order chi connectivity index (χ1) is 13.5. The number of aromatic hydroxyl groups is 1. The van der Waals surface area contributed by atoms with Crippen molar-refractivity contribution in [2.75, 3.05) is 31.5 Å². The Labute approximate surface area is 164 Å². The first-order valence-electron chi connectivity index (χ1n) is 9.63. The van der Waals surface area contributed by atoms with Crippen LogP contribution in [0.1, 0.15) is 25.0 Å². The van der Waals surface area contributed by atoms with E-state index in [0.29, 0.717) is 16.5 Å². The summed E-state index contributed by atoms with van der Waals surface area (Å²) in [5.74, 6) is -0.368. The number of nitrogens with zero attached hydrogens (tertiary/aromatic N) is 2. The zero-order valence-corrected chi connectivity index (χ0v) is 16.6. The predicted molar refractivity (Wildman–Crippen MR) is 115 cm³/mol. The molecule has 148 valence electrons. The molecule has 0 radical (unpaired) electrons. The maximum absolute atomic E-state index is 13.5. The van der Waals surface area contributed by atoms with E-state index in [0.717, 1.165) is 43.1 Å². The van der Waals surface area contributed by atoms with Gasteiger partial charge in [-0.25, -0.2) is 4.39 Å². The number of aryl methyl sites for hydroxylation is 1. The summed E-state index contributed by atoms with van der Waals surface area (Å²) < 4.78 is 13.5. The summed E-state index contributed by atoms with van der Waals surface area (Å²) in [6.07, 6.45) is 1.57. The molecular weight excluding hydrogens is 355 g/mol. The van der Waals surface area contributed by atoms with Crippen molar-refractivity contribution in [1.29, 1.82) is 0 Å². The molecule has 5 nitrogen and oxygen atoms in total. The molecule has 3 rings (SSSR count). The average Bonchev–Trinajstić information content (AvgIpc) is 2.99. The Kier molecular flexibility index (Phi) is 6.31. The topological polar surface area (TPSA) is 63.6 Å². The van der Waals surface area contributed by atoms with Crippen LogP contribution in [0, 0.1) is 12.7 Å². The number of benzene rings is 2. The van der Waals surface area contributed by atoms with Gasteiger partial charge in [-0.15, -0.1) is 0 Å². The minimum atomic E-state index is -0.350. The van der Waals surface area contributed by atoms with Gasteiger partial charge in [0.15, 0.2) is 5.88 Å². The molecule has 0 aliphatic carbocycles. The van der Waals surface area contributed by atoms with E-state index < -0.39 is 0 Å². The van der Waals surface area contributed by atoms with E-state index in [9.17, 15) is 9.50 Å². The monoisotopic (exact) mass is 382 g/mol. The minimum Gasteiger partial charge on any atom is -0.494 e. The SMILES string of the molecule is CCN(CC)CCNc1ccc(N=Cc2c(O)[nH]c3ccc(F)cc23)cc1C. The van der Waals surface area contributed by atoms with Gasteiger partial charge in [0, 0.05) is 35.9 Å². The van der Waals surface area contributed by atoms with Crippen LogP contribution in [0.15, 0.2) is 41.4 Å². The van der Waals surface area contributed by atoms with Crippen molar-refractivity contribution in [3.63, 3.8) is 0 Å². The number of H-pyrrole nitrogens is 1. The lowest BCUT2D eigenvalue weighted by atomic mass is 10.1. The summed E-state index contributed by atoms with van der Waals surface area (Å²) in [7, 11) is 0. The third kappa shape index (κ3) is 4.51. The Morgan fingerprint density at radius 2 is 1.96 bits per heavy atom. The number of halogens is 1. The third-order valence-corrected chi connectivity index (χ3v) is 4.97. The van der Waals surface area contributed by atoms with Gasteiger partial charge in [-0.2, -0.15) is 0 Å². The second kappa shape index (κ2) is 8.89. The van der Waals surface area contributed by atoms with Gasteiger partial charge in [0.05, 0.1) is 11.3 Å². The van der Waals surface area contributed by atoms with Crippen molar-refractivity contribution in [2.45, 2.75) is 20.8 Å². The molecule has 0 spiro atoms. The number of nitrogens with one attached hydrogen (secondary N) is 2. The molecule has 3 aromatic rings. The van der Waals surface area contributed by atoms with Gasteiger partial charge in [-0.1, -0.05) is 13.8 Å². The Balaban J connectivity index is 1.72. The summed E-state index contributed by atoms with van der Waals surface area (Å²) in [5, 5.41) is 14.2. The third-order valence-electron chi connectivity index (χ3n) is 4.97. The number of aliphatic imine (C=N–C) groups is 1. The van der Waals surface area contributed by atoms with Crippen LogP contribution in [-0.2, 0) is 0 Å². The van der Waals surface area contributed by atoms with Crippen LogP contribution in [0.3, 0.4) is 0 Å². The van der Waals surface area contributed by atoms with Crippen LogP contribution >= 0.6 is 0 Å². The normalized spacial score (nSPS) is 11.8. The van der Waals surface area contributed by atoms with Gasteiger partial charge in [-0.05, 0) is 62.0 Å². The lowest BCUT2D eigenvalue weighted by Crippen LogP contribution is -2.28. The van der Waals surface area contributed by atoms with Crippen LogP contribution < -0.4 is 5.32 Å². The molecule has 2 aromatic carbocycles. The van der Waals surface area contributed by atoms with E-state index in [1.807, 2.05) is 25.1 Å². The molecule has 0 fully saturated rings. The van der Waals surface area contributed by atoms with Crippen molar-refractivity contribution in [1.82, 2.24) is 9.88 Å². The van der Waals surface area contributed by atoms with Gasteiger partial charge in [0.25, 0.3) is 0 Å². The summed E-state index contributed by atoms with van der Waals surface area (Å²) in [6.45, 7) is 10.4. The van der Waals surface area contributed by atoms with E-state index >= 15 is 0 Å². The maximum atomic E-state index is 13.5. The average molecular weight is 382 g/mol. The zero-order chi connectivity index (χ0) is 20.1. The minimum absolute atomic E-state index is 0.0178. The molecule has 1 aromatic heterocycles. The molecule has 0 unspecified atom stereocenters. The predicted octanol–water partition coefficient (Wildman–Crippen LogP) is 4.83. The van der Waals surface area contributed by atoms with Gasteiger partial charge in [0.2, 0.25) is 0 Å². The highest BCUT2D eigenvalue weighted by molar-refractivity contribution is 6.02. The summed E-state index contributed by atoms with van der Waals surface area (Å²) >= 11 is 0. The fourth-order valence-electron chi connectivity index (χ4n) is 3.26. The first-order valence-corrected chi connectivity index (χ1v) is 9.63. The van der Waals surface area contributed by atoms with Crippen molar-refractivity contribution >= 4 is 28.5 Å². The van der Waals surface area contributed by atoms with Gasteiger partial charge < -0.3 is 20.3 Å². The van der Waals surface area contributed by atoms with E-state index in [4.69, 9.17) is 0 Å². The molecule has 0 amide bonds. The number of aromatic amines is 1. The number of aromatic nitrogens is 1. The Bertz CT molecular complexity index is 976. The highest BCUT2D eigenvalue weighted by Crippen LogP contribution is 2.27. The fraction of sp³-hybridized carbons (Fsp3) is 0.318. The Morgan fingerprint density at radius 1 is 1.18 bits per heavy atom. The van der Waals surface area contributed by atoms with Gasteiger partial charge in [0.1, 0.15) is 5.82 Å². The van der Waals surface area contributed by atoms with Crippen molar-refractivity contribution in [3.05, 3.63) is 53.3 Å². The first kappa shape index (κ1) is 19.9. The van der Waals surface area contributed by atoms with Crippen molar-refractivity contribution in [2.24, 2.45) is 4.99 Å². The lowest BCUT2D eigenvalue weighted by molar-refractivity contribution is 0.316. The molecule has 3 N–H and O–H groups in total. The van der Waals surface area contributed by atoms with Crippen LogP contribution in [-0.4, -0.2) is 47.4 Å². The zero-order valence-electron chi connectivity index (χ0n) is 16.6. The maximum Gasteiger partial charge on any atom is 0.198 e. The number of fused-ring (bicyclic) bond motifs is 1. The number of hydrogen-bond acceptors (Lipinski definition) is 4. The van der Waals surface area contributed by atoms with E-state index in [1.54, 1.807) is 12.3 Å². The second-order valence-corrected chi connectivity index (χ2v) is 6.79.